The van der Waals surface area contributed by atoms with E-state index in [2.05, 4.69) is 5.10 Å². The number of nitriles is 2. The highest BCUT2D eigenvalue weighted by Crippen LogP contribution is 2.44. The first kappa shape index (κ1) is 16.0. The third kappa shape index (κ3) is 2.85. The Morgan fingerprint density at radius 1 is 1.09 bits per heavy atom. The average Bonchev–Trinajstić information content (AvgIpc) is 2.57. The van der Waals surface area contributed by atoms with Crippen molar-refractivity contribution in [3.05, 3.63) is 54.6 Å². The lowest BCUT2D eigenvalue weighted by Gasteiger charge is -2.15. The molecule has 1 aliphatic rings. The van der Waals surface area contributed by atoms with Crippen LogP contribution in [-0.4, -0.2) is 9.78 Å². The number of halogens is 2. The highest BCUT2D eigenvalue weighted by Gasteiger charge is 2.24. The van der Waals surface area contributed by atoms with Gasteiger partial charge in [-0.15, -0.1) is 0 Å². The lowest BCUT2D eigenvalue weighted by Crippen LogP contribution is -2.23. The third-order valence-corrected chi connectivity index (χ3v) is 6.00. The Morgan fingerprint density at radius 3 is 2.43 bits per heavy atom. The molecule has 0 radical (unpaired) electrons. The van der Waals surface area contributed by atoms with Gasteiger partial charge in [0.25, 0.3) is 5.56 Å². The number of thioether (sulfide) groups is 2. The van der Waals surface area contributed by atoms with E-state index in [9.17, 15) is 4.79 Å². The van der Waals surface area contributed by atoms with Gasteiger partial charge in [0.1, 0.15) is 21.9 Å². The number of hydrogen-bond donors (Lipinski definition) is 0. The smallest absolute Gasteiger partial charge is 0.266 e. The van der Waals surface area contributed by atoms with Gasteiger partial charge in [0, 0.05) is 0 Å². The molecule has 1 aliphatic heterocycles. The van der Waals surface area contributed by atoms with Crippen LogP contribution in [0.1, 0.15) is 0 Å². The van der Waals surface area contributed by atoms with Crippen LogP contribution < -0.4 is 5.56 Å². The van der Waals surface area contributed by atoms with Crippen molar-refractivity contribution in [2.75, 3.05) is 0 Å². The molecule has 0 N–H and O–H groups in total. The van der Waals surface area contributed by atoms with Crippen LogP contribution in [0.5, 0.6) is 0 Å². The molecule has 0 saturated carbocycles. The van der Waals surface area contributed by atoms with E-state index in [1.165, 1.54) is 16.9 Å². The summed E-state index contributed by atoms with van der Waals surface area (Å²) in [5.41, 5.74) is 0.0782. The summed E-state index contributed by atoms with van der Waals surface area (Å²) in [4.78, 5) is 14.0. The SMILES string of the molecule is N#CC1=C(C#N)Sc2c(cnn(-c3ccc(Cl)c(Cl)c3)c2=O)S1. The molecule has 0 amide bonds. The molecule has 0 saturated heterocycles. The zero-order chi connectivity index (χ0) is 16.6. The topological polar surface area (TPSA) is 82.5 Å². The Balaban J connectivity index is 2.14. The van der Waals surface area contributed by atoms with Crippen LogP contribution in [-0.2, 0) is 0 Å². The van der Waals surface area contributed by atoms with Gasteiger partial charge in [0.15, 0.2) is 0 Å². The van der Waals surface area contributed by atoms with E-state index in [-0.39, 0.29) is 15.4 Å². The average molecular weight is 379 g/mol. The van der Waals surface area contributed by atoms with Gasteiger partial charge in [-0.05, 0) is 18.2 Å². The van der Waals surface area contributed by atoms with Crippen LogP contribution in [0, 0.1) is 22.7 Å². The summed E-state index contributed by atoms with van der Waals surface area (Å²) in [5.74, 6) is 0. The maximum atomic E-state index is 12.6. The number of allylic oxidation sites excluding steroid dienone is 2. The summed E-state index contributed by atoms with van der Waals surface area (Å²) in [6, 6.07) is 8.63. The number of fused-ring (bicyclic) bond motifs is 1. The quantitative estimate of drug-likeness (QED) is 0.745. The second-order valence-corrected chi connectivity index (χ2v) is 7.13. The molecular formula is C14H4Cl2N4OS2. The minimum absolute atomic E-state index is 0.203. The monoisotopic (exact) mass is 378 g/mol. The standard InChI is InChI=1S/C14H4Cl2N4OS2/c15-8-2-1-7(3-9(8)16)20-14(21)13-12(6-19-20)22-10(4-17)11(5-18)23-13/h1-3,6H. The minimum atomic E-state index is -0.386. The highest BCUT2D eigenvalue weighted by atomic mass is 35.5. The predicted molar refractivity (Wildman–Crippen MR) is 89.8 cm³/mol. The minimum Gasteiger partial charge on any atom is -0.266 e. The van der Waals surface area contributed by atoms with Gasteiger partial charge in [0.2, 0.25) is 0 Å². The van der Waals surface area contributed by atoms with Crippen LogP contribution in [0.3, 0.4) is 0 Å². The molecule has 0 aliphatic carbocycles. The molecule has 0 bridgehead atoms. The highest BCUT2D eigenvalue weighted by molar-refractivity contribution is 8.09. The Hall–Kier alpha value is -1.90. The van der Waals surface area contributed by atoms with Crippen molar-refractivity contribution in [3.63, 3.8) is 0 Å². The van der Waals surface area contributed by atoms with Crippen molar-refractivity contribution in [1.29, 1.82) is 10.5 Å². The number of hydrogen-bond acceptors (Lipinski definition) is 6. The second-order valence-electron chi connectivity index (χ2n) is 4.24. The van der Waals surface area contributed by atoms with Crippen LogP contribution >= 0.6 is 46.7 Å². The predicted octanol–water partition coefficient (Wildman–Crippen LogP) is 4.00. The number of nitrogens with zero attached hydrogens (tertiary/aromatic N) is 4. The van der Waals surface area contributed by atoms with Crippen LogP contribution in [0.4, 0.5) is 0 Å². The summed E-state index contributed by atoms with van der Waals surface area (Å²) >= 11 is 13.9. The zero-order valence-electron chi connectivity index (χ0n) is 11.1. The van der Waals surface area contributed by atoms with Gasteiger partial charge in [-0.25, -0.2) is 0 Å². The Kier molecular flexibility index (Phi) is 4.38. The van der Waals surface area contributed by atoms with Gasteiger partial charge in [-0.1, -0.05) is 46.7 Å². The van der Waals surface area contributed by atoms with Crippen LogP contribution in [0.2, 0.25) is 10.0 Å². The van der Waals surface area contributed by atoms with Gasteiger partial charge in [0.05, 0.1) is 31.7 Å². The third-order valence-electron chi connectivity index (χ3n) is 2.87. The number of rotatable bonds is 1. The fourth-order valence-electron chi connectivity index (χ4n) is 1.84. The molecule has 0 spiro atoms. The van der Waals surface area contributed by atoms with Crippen molar-refractivity contribution < 1.29 is 0 Å². The summed E-state index contributed by atoms with van der Waals surface area (Å²) < 4.78 is 1.18. The van der Waals surface area contributed by atoms with E-state index in [1.807, 2.05) is 12.1 Å². The Labute approximate surface area is 149 Å². The lowest BCUT2D eigenvalue weighted by molar-refractivity contribution is 0.756. The first-order chi connectivity index (χ1) is 11.0. The second kappa shape index (κ2) is 6.31. The Bertz CT molecular complexity index is 1000. The maximum Gasteiger partial charge on any atom is 0.286 e. The van der Waals surface area contributed by atoms with Crippen LogP contribution in [0.15, 0.2) is 48.8 Å². The molecule has 3 rings (SSSR count). The molecule has 0 atom stereocenters. The maximum absolute atomic E-state index is 12.6. The van der Waals surface area contributed by atoms with Crippen molar-refractivity contribution in [2.24, 2.45) is 0 Å². The number of benzene rings is 1. The fraction of sp³-hybridized carbons (Fsp3) is 0. The molecule has 5 nitrogen and oxygen atoms in total. The molecule has 0 fully saturated rings. The van der Waals surface area contributed by atoms with Crippen LogP contribution in [0.25, 0.3) is 5.69 Å². The normalized spacial score (nSPS) is 13.2. The van der Waals surface area contributed by atoms with E-state index in [0.717, 1.165) is 23.5 Å². The Morgan fingerprint density at radius 2 is 1.78 bits per heavy atom. The molecule has 112 valence electrons. The lowest BCUT2D eigenvalue weighted by atomic mass is 10.3. The van der Waals surface area contributed by atoms with E-state index >= 15 is 0 Å². The zero-order valence-corrected chi connectivity index (χ0v) is 14.2. The first-order valence-electron chi connectivity index (χ1n) is 6.03. The van der Waals surface area contributed by atoms with E-state index in [4.69, 9.17) is 33.7 Å². The van der Waals surface area contributed by atoms with Gasteiger partial charge >= 0.3 is 0 Å². The van der Waals surface area contributed by atoms with Crippen molar-refractivity contribution in [3.8, 4) is 17.8 Å². The molecule has 0 unspecified atom stereocenters. The summed E-state index contributed by atoms with van der Waals surface area (Å²) in [6.45, 7) is 0. The van der Waals surface area contributed by atoms with E-state index < -0.39 is 0 Å². The van der Waals surface area contributed by atoms with Gasteiger partial charge < -0.3 is 0 Å². The van der Waals surface area contributed by atoms with E-state index in [0.29, 0.717) is 25.5 Å². The molecule has 1 aromatic carbocycles. The van der Waals surface area contributed by atoms with Crippen molar-refractivity contribution in [1.82, 2.24) is 9.78 Å². The first-order valence-corrected chi connectivity index (χ1v) is 8.42. The molecule has 2 heterocycles. The van der Waals surface area contributed by atoms with Crippen molar-refractivity contribution in [2.45, 2.75) is 9.79 Å². The number of aromatic nitrogens is 2. The fourth-order valence-corrected chi connectivity index (χ4v) is 4.03. The summed E-state index contributed by atoms with van der Waals surface area (Å²) in [5, 5.41) is 23.0. The summed E-state index contributed by atoms with van der Waals surface area (Å²) in [6.07, 6.45) is 1.49. The van der Waals surface area contributed by atoms with Gasteiger partial charge in [-0.3, -0.25) is 4.79 Å². The largest absolute Gasteiger partial charge is 0.286 e. The molecular weight excluding hydrogens is 375 g/mol. The molecule has 2 aromatic rings. The molecule has 9 heteroatoms. The van der Waals surface area contributed by atoms with Gasteiger partial charge in [-0.2, -0.15) is 20.3 Å². The molecule has 1 aromatic heterocycles. The molecule has 23 heavy (non-hydrogen) atoms. The van der Waals surface area contributed by atoms with Crippen molar-refractivity contribution >= 4 is 46.7 Å². The summed E-state index contributed by atoms with van der Waals surface area (Å²) in [7, 11) is 0. The van der Waals surface area contributed by atoms with E-state index in [1.54, 1.807) is 12.1 Å².